The minimum Gasteiger partial charge on any atom is -0.475 e. The van der Waals surface area contributed by atoms with Crippen molar-refractivity contribution in [2.45, 2.75) is 12.8 Å². The quantitative estimate of drug-likeness (QED) is 0.829. The van der Waals surface area contributed by atoms with Crippen LogP contribution in [0.3, 0.4) is 0 Å². The molecule has 0 atom stereocenters. The lowest BCUT2D eigenvalue weighted by atomic mass is 10.4. The molecule has 0 spiro atoms. The first kappa shape index (κ1) is 11.8. The Morgan fingerprint density at radius 2 is 2.25 bits per heavy atom. The van der Waals surface area contributed by atoms with Crippen molar-refractivity contribution < 1.29 is 4.74 Å². The van der Waals surface area contributed by atoms with E-state index in [2.05, 4.69) is 14.9 Å². The summed E-state index contributed by atoms with van der Waals surface area (Å²) < 4.78 is 6.01. The van der Waals surface area contributed by atoms with Gasteiger partial charge in [-0.05, 0) is 48.5 Å². The summed E-state index contributed by atoms with van der Waals surface area (Å²) in [6.07, 6.45) is 3.93. The molecule has 0 radical (unpaired) electrons. The molecule has 2 heterocycles. The van der Waals surface area contributed by atoms with E-state index in [-0.39, 0.29) is 5.56 Å². The third-order valence-corrected chi connectivity index (χ3v) is 3.56. The molecule has 1 aromatic heterocycles. The molecule has 1 aliphatic rings. The third-order valence-electron chi connectivity index (χ3n) is 2.61. The Bertz CT molecular complexity index is 401. The molecule has 2 rings (SSSR count). The monoisotopic (exact) mass is 335 g/mol. The maximum Gasteiger partial charge on any atom is 0.268 e. The van der Waals surface area contributed by atoms with Crippen LogP contribution in [0.2, 0.25) is 0 Å². The Hall–Kier alpha value is -0.630. The number of H-pyrrole nitrogens is 1. The highest BCUT2D eigenvalue weighted by Gasteiger charge is 2.12. The van der Waals surface area contributed by atoms with Gasteiger partial charge in [0, 0.05) is 6.54 Å². The Kier molecular flexibility index (Phi) is 4.16. The predicted octanol–water partition coefficient (Wildman–Crippen LogP) is 0.849. The van der Waals surface area contributed by atoms with Crippen molar-refractivity contribution in [3.63, 3.8) is 0 Å². The number of ether oxygens (including phenoxy) is 1. The summed E-state index contributed by atoms with van der Waals surface area (Å²) in [6, 6.07) is 0. The first-order valence-corrected chi connectivity index (χ1v) is 6.43. The largest absolute Gasteiger partial charge is 0.475 e. The van der Waals surface area contributed by atoms with Crippen LogP contribution in [0.4, 0.5) is 0 Å². The van der Waals surface area contributed by atoms with Gasteiger partial charge in [0.2, 0.25) is 5.88 Å². The molecule has 0 aromatic carbocycles. The number of nitrogens with one attached hydrogen (secondary N) is 1. The van der Waals surface area contributed by atoms with Crippen LogP contribution in [0.5, 0.6) is 5.88 Å². The molecule has 1 aromatic rings. The SMILES string of the molecule is O=c1[nH]cnc(OCCN2CCCC2)c1I. The molecule has 0 unspecified atom stereocenters. The molecule has 0 amide bonds. The van der Waals surface area contributed by atoms with E-state index in [4.69, 9.17) is 4.74 Å². The smallest absolute Gasteiger partial charge is 0.268 e. The van der Waals surface area contributed by atoms with Crippen molar-refractivity contribution in [3.8, 4) is 5.88 Å². The molecule has 1 saturated heterocycles. The number of aromatic amines is 1. The van der Waals surface area contributed by atoms with Crippen molar-refractivity contribution in [2.24, 2.45) is 0 Å². The number of halogens is 1. The van der Waals surface area contributed by atoms with E-state index < -0.39 is 0 Å². The van der Waals surface area contributed by atoms with Gasteiger partial charge in [0.25, 0.3) is 5.56 Å². The zero-order valence-electron chi connectivity index (χ0n) is 8.91. The number of likely N-dealkylation sites (tertiary alicyclic amines) is 1. The Morgan fingerprint density at radius 1 is 1.50 bits per heavy atom. The fraction of sp³-hybridized carbons (Fsp3) is 0.600. The van der Waals surface area contributed by atoms with Crippen LogP contribution in [0.1, 0.15) is 12.8 Å². The van der Waals surface area contributed by atoms with Crippen LogP contribution in [-0.2, 0) is 0 Å². The summed E-state index contributed by atoms with van der Waals surface area (Å²) in [4.78, 5) is 20.1. The van der Waals surface area contributed by atoms with E-state index >= 15 is 0 Å². The summed E-state index contributed by atoms with van der Waals surface area (Å²) in [7, 11) is 0. The number of rotatable bonds is 4. The summed E-state index contributed by atoms with van der Waals surface area (Å²) in [5.41, 5.74) is -0.147. The van der Waals surface area contributed by atoms with Gasteiger partial charge in [0.05, 0.1) is 6.33 Å². The lowest BCUT2D eigenvalue weighted by Crippen LogP contribution is -2.25. The standard InChI is InChI=1S/C10H14IN3O2/c11-8-9(15)12-7-13-10(8)16-6-5-14-3-1-2-4-14/h7H,1-6H2,(H,12,13,15). The van der Waals surface area contributed by atoms with E-state index in [1.165, 1.54) is 19.2 Å². The number of hydrogen-bond acceptors (Lipinski definition) is 4. The van der Waals surface area contributed by atoms with Crippen LogP contribution in [0.15, 0.2) is 11.1 Å². The Labute approximate surface area is 107 Å². The first-order chi connectivity index (χ1) is 7.77. The molecule has 1 N–H and O–H groups in total. The summed E-state index contributed by atoms with van der Waals surface area (Å²) in [5.74, 6) is 0.434. The highest BCUT2D eigenvalue weighted by molar-refractivity contribution is 14.1. The van der Waals surface area contributed by atoms with Gasteiger partial charge in [0.1, 0.15) is 10.2 Å². The molecular formula is C10H14IN3O2. The summed E-state index contributed by atoms with van der Waals surface area (Å²) in [6.45, 7) is 3.81. The molecule has 1 fully saturated rings. The average Bonchev–Trinajstić information content (AvgIpc) is 2.77. The van der Waals surface area contributed by atoms with Crippen LogP contribution < -0.4 is 10.3 Å². The molecule has 0 saturated carbocycles. The summed E-state index contributed by atoms with van der Waals surface area (Å²) in [5, 5.41) is 0. The minimum atomic E-state index is -0.147. The van der Waals surface area contributed by atoms with Crippen LogP contribution >= 0.6 is 22.6 Å². The highest BCUT2D eigenvalue weighted by Crippen LogP contribution is 2.12. The van der Waals surface area contributed by atoms with Gasteiger partial charge in [-0.3, -0.25) is 9.69 Å². The lowest BCUT2D eigenvalue weighted by Gasteiger charge is -2.14. The van der Waals surface area contributed by atoms with Crippen LogP contribution in [0.25, 0.3) is 0 Å². The molecule has 0 aliphatic carbocycles. The average molecular weight is 335 g/mol. The molecule has 5 nitrogen and oxygen atoms in total. The van der Waals surface area contributed by atoms with Crippen molar-refractivity contribution >= 4 is 22.6 Å². The molecule has 0 bridgehead atoms. The fourth-order valence-electron chi connectivity index (χ4n) is 1.74. The van der Waals surface area contributed by atoms with Crippen molar-refractivity contribution in [3.05, 3.63) is 20.3 Å². The minimum absolute atomic E-state index is 0.147. The maximum absolute atomic E-state index is 11.3. The van der Waals surface area contributed by atoms with Gasteiger partial charge in [-0.2, -0.15) is 0 Å². The van der Waals surface area contributed by atoms with Gasteiger partial charge < -0.3 is 9.72 Å². The molecule has 1 aliphatic heterocycles. The van der Waals surface area contributed by atoms with Crippen molar-refractivity contribution in [1.82, 2.24) is 14.9 Å². The number of hydrogen-bond donors (Lipinski definition) is 1. The zero-order chi connectivity index (χ0) is 11.4. The van der Waals surface area contributed by atoms with Gasteiger partial charge in [-0.1, -0.05) is 0 Å². The van der Waals surface area contributed by atoms with E-state index in [1.807, 2.05) is 22.6 Å². The molecule has 16 heavy (non-hydrogen) atoms. The molecular weight excluding hydrogens is 321 g/mol. The zero-order valence-corrected chi connectivity index (χ0v) is 11.1. The first-order valence-electron chi connectivity index (χ1n) is 5.36. The second kappa shape index (κ2) is 5.62. The third kappa shape index (κ3) is 2.94. The molecule has 6 heteroatoms. The second-order valence-corrected chi connectivity index (χ2v) is 4.83. The summed E-state index contributed by atoms with van der Waals surface area (Å²) >= 11 is 1.95. The van der Waals surface area contributed by atoms with Gasteiger partial charge >= 0.3 is 0 Å². The number of nitrogens with zero attached hydrogens (tertiary/aromatic N) is 2. The Morgan fingerprint density at radius 3 is 3.00 bits per heavy atom. The fourth-order valence-corrected chi connectivity index (χ4v) is 2.20. The predicted molar refractivity (Wildman–Crippen MR) is 68.7 cm³/mol. The van der Waals surface area contributed by atoms with E-state index in [9.17, 15) is 4.79 Å². The second-order valence-electron chi connectivity index (χ2n) is 3.75. The molecule has 88 valence electrons. The van der Waals surface area contributed by atoms with Crippen molar-refractivity contribution in [1.29, 1.82) is 0 Å². The van der Waals surface area contributed by atoms with E-state index in [1.54, 1.807) is 0 Å². The topological polar surface area (TPSA) is 58.2 Å². The van der Waals surface area contributed by atoms with E-state index in [0.717, 1.165) is 19.6 Å². The Balaban J connectivity index is 1.84. The number of aromatic nitrogens is 2. The van der Waals surface area contributed by atoms with Crippen molar-refractivity contribution in [2.75, 3.05) is 26.2 Å². The van der Waals surface area contributed by atoms with Crippen LogP contribution in [-0.4, -0.2) is 41.1 Å². The van der Waals surface area contributed by atoms with E-state index in [0.29, 0.717) is 16.1 Å². The lowest BCUT2D eigenvalue weighted by molar-refractivity contribution is 0.230. The van der Waals surface area contributed by atoms with Gasteiger partial charge in [0.15, 0.2) is 0 Å². The highest BCUT2D eigenvalue weighted by atomic mass is 127. The van der Waals surface area contributed by atoms with Gasteiger partial charge in [-0.25, -0.2) is 4.98 Å². The normalized spacial score (nSPS) is 16.6. The van der Waals surface area contributed by atoms with Gasteiger partial charge in [-0.15, -0.1) is 0 Å². The maximum atomic E-state index is 11.3. The van der Waals surface area contributed by atoms with Crippen LogP contribution in [0, 0.1) is 3.57 Å².